The minimum atomic E-state index is -0.524. The lowest BCUT2D eigenvalue weighted by atomic mass is 9.69. The first kappa shape index (κ1) is 33.0. The average molecular weight is 461 g/mol. The Morgan fingerprint density at radius 1 is 0.781 bits per heavy atom. The Balaban J connectivity index is 0. The molecule has 0 fully saturated rings. The molecule has 0 aliphatic carbocycles. The lowest BCUT2D eigenvalue weighted by Gasteiger charge is -2.35. The van der Waals surface area contributed by atoms with Crippen LogP contribution >= 0.6 is 0 Å². The summed E-state index contributed by atoms with van der Waals surface area (Å²) in [7, 11) is 0. The van der Waals surface area contributed by atoms with Crippen molar-refractivity contribution in [2.75, 3.05) is 0 Å². The molecule has 0 heterocycles. The highest BCUT2D eigenvalue weighted by molar-refractivity contribution is 5.73. The topological polar surface area (TPSA) is 82.1 Å². The quantitative estimate of drug-likeness (QED) is 0.313. The van der Waals surface area contributed by atoms with Gasteiger partial charge < -0.3 is 4.89 Å². The van der Waals surface area contributed by atoms with Crippen molar-refractivity contribution in [2.24, 2.45) is 34.0 Å². The van der Waals surface area contributed by atoms with Crippen LogP contribution in [0.4, 0.5) is 0 Å². The van der Waals surface area contributed by atoms with Gasteiger partial charge in [-0.25, -0.2) is 9.59 Å². The molecule has 192 valence electrons. The van der Waals surface area contributed by atoms with Crippen molar-refractivity contribution in [1.29, 1.82) is 0 Å². The lowest BCUT2D eigenvalue weighted by Crippen LogP contribution is -2.36. The van der Waals surface area contributed by atoms with Crippen LogP contribution in [0.3, 0.4) is 0 Å². The summed E-state index contributed by atoms with van der Waals surface area (Å²) in [5.41, 5.74) is -0.239. The molecule has 0 radical (unpaired) electrons. The Hall–Kier alpha value is -1.14. The molecule has 6 nitrogen and oxygen atoms in total. The van der Waals surface area contributed by atoms with E-state index in [1.165, 1.54) is 0 Å². The van der Waals surface area contributed by atoms with Gasteiger partial charge in [0, 0.05) is 0 Å². The summed E-state index contributed by atoms with van der Waals surface area (Å²) in [5, 5.41) is 8.57. The Morgan fingerprint density at radius 3 is 1.53 bits per heavy atom. The van der Waals surface area contributed by atoms with Crippen LogP contribution in [-0.2, 0) is 24.3 Å². The summed E-state index contributed by atoms with van der Waals surface area (Å²) in [5.74, 6) is -0.594. The van der Waals surface area contributed by atoms with Gasteiger partial charge in [-0.2, -0.15) is 10.1 Å². The van der Waals surface area contributed by atoms with Crippen molar-refractivity contribution in [3.63, 3.8) is 0 Å². The van der Waals surface area contributed by atoms with Gasteiger partial charge in [0.15, 0.2) is 0 Å². The molecular weight excluding hydrogens is 408 g/mol. The zero-order valence-corrected chi connectivity index (χ0v) is 23.3. The van der Waals surface area contributed by atoms with Crippen LogP contribution in [0, 0.1) is 34.0 Å². The molecule has 0 amide bonds. The van der Waals surface area contributed by atoms with Gasteiger partial charge in [0.25, 0.3) is 0 Å². The molecule has 32 heavy (non-hydrogen) atoms. The number of carbonyl (C=O) groups excluding carboxylic acids is 2. The second-order valence-electron chi connectivity index (χ2n) is 13.7. The van der Waals surface area contributed by atoms with E-state index in [4.69, 9.17) is 15.0 Å². The molecule has 0 aliphatic heterocycles. The highest BCUT2D eigenvalue weighted by Gasteiger charge is 2.38. The summed E-state index contributed by atoms with van der Waals surface area (Å²) in [6.07, 6.45) is 2.33. The van der Waals surface area contributed by atoms with Crippen molar-refractivity contribution < 1.29 is 29.5 Å². The Labute approximate surface area is 197 Å². The first-order valence-electron chi connectivity index (χ1n) is 11.7. The van der Waals surface area contributed by atoms with E-state index in [0.717, 1.165) is 12.8 Å². The van der Waals surface area contributed by atoms with E-state index in [1.54, 1.807) is 0 Å². The molecule has 0 saturated carbocycles. The Morgan fingerprint density at radius 2 is 1.22 bits per heavy atom. The van der Waals surface area contributed by atoms with E-state index < -0.39 is 11.6 Å². The molecule has 0 aromatic carbocycles. The molecule has 0 rings (SSSR count). The maximum Gasteiger partial charge on any atom is 0.345 e. The van der Waals surface area contributed by atoms with Crippen molar-refractivity contribution in [1.82, 2.24) is 0 Å². The van der Waals surface area contributed by atoms with Crippen LogP contribution < -0.4 is 0 Å². The second-order valence-corrected chi connectivity index (χ2v) is 13.7. The fraction of sp³-hybridized carbons (Fsp3) is 0.923. The molecule has 0 aliphatic rings. The van der Waals surface area contributed by atoms with Crippen molar-refractivity contribution in [2.45, 2.75) is 122 Å². The predicted molar refractivity (Wildman–Crippen MR) is 130 cm³/mol. The molecule has 0 saturated heterocycles. The predicted octanol–water partition coefficient (Wildman–Crippen LogP) is 7.46. The van der Waals surface area contributed by atoms with Crippen LogP contribution in [0.25, 0.3) is 0 Å². The number of hydrogen-bond acceptors (Lipinski definition) is 6. The van der Waals surface area contributed by atoms with Gasteiger partial charge >= 0.3 is 11.9 Å². The molecule has 0 aromatic heterocycles. The molecule has 1 N–H and O–H groups in total. The van der Waals surface area contributed by atoms with Crippen LogP contribution in [0.5, 0.6) is 0 Å². The Kier molecular flexibility index (Phi) is 13.3. The van der Waals surface area contributed by atoms with E-state index in [0.29, 0.717) is 12.3 Å². The minimum Gasteiger partial charge on any atom is -0.301 e. The summed E-state index contributed by atoms with van der Waals surface area (Å²) < 4.78 is 0. The molecular formula is C26H52O6. The van der Waals surface area contributed by atoms with E-state index in [2.05, 4.69) is 53.4 Å². The van der Waals surface area contributed by atoms with E-state index in [-0.39, 0.29) is 34.1 Å². The lowest BCUT2D eigenvalue weighted by molar-refractivity contribution is -0.321. The van der Waals surface area contributed by atoms with Crippen LogP contribution in [0.15, 0.2) is 0 Å². The summed E-state index contributed by atoms with van der Waals surface area (Å²) >= 11 is 0. The standard InChI is InChI=1S/2C13H26O3/c1-10(9-12(2,3)4)8-11(14)15-16-13(5,6)7;1-9(8-12(2,3)4)10(11(14)16-15)13(5,6)7/h10H,8-9H2,1-7H3;9-10,15H,8H2,1-7H3. The van der Waals surface area contributed by atoms with Gasteiger partial charge in [0.1, 0.15) is 5.60 Å². The fourth-order valence-electron chi connectivity index (χ4n) is 4.19. The van der Waals surface area contributed by atoms with Gasteiger partial charge in [-0.1, -0.05) is 76.2 Å². The molecule has 0 aromatic rings. The van der Waals surface area contributed by atoms with Crippen LogP contribution in [0.1, 0.15) is 116 Å². The zero-order chi connectivity index (χ0) is 26.1. The molecule has 3 unspecified atom stereocenters. The highest BCUT2D eigenvalue weighted by Crippen LogP contribution is 2.38. The number of hydrogen-bond donors (Lipinski definition) is 1. The first-order chi connectivity index (χ1) is 14.0. The number of carbonyl (C=O) groups is 2. The van der Waals surface area contributed by atoms with Crippen LogP contribution in [-0.4, -0.2) is 22.8 Å². The SMILES string of the molecule is CC(CC(=O)OOC(C)(C)C)CC(C)(C)C.CC(CC(C)(C)C)C(C(=O)OO)C(C)(C)C. The third-order valence-electron chi connectivity index (χ3n) is 4.64. The van der Waals surface area contributed by atoms with Gasteiger partial charge in [0.2, 0.25) is 0 Å². The van der Waals surface area contributed by atoms with E-state index in [1.807, 2.05) is 48.5 Å². The van der Waals surface area contributed by atoms with E-state index in [9.17, 15) is 9.59 Å². The van der Waals surface area contributed by atoms with Gasteiger partial charge in [-0.3, -0.25) is 4.89 Å². The van der Waals surface area contributed by atoms with Crippen molar-refractivity contribution in [3.05, 3.63) is 0 Å². The summed E-state index contributed by atoms with van der Waals surface area (Å²) in [4.78, 5) is 36.7. The monoisotopic (exact) mass is 460 g/mol. The molecule has 3 atom stereocenters. The largest absolute Gasteiger partial charge is 0.345 e. The maximum absolute atomic E-state index is 11.6. The van der Waals surface area contributed by atoms with E-state index >= 15 is 0 Å². The Bertz CT molecular complexity index is 555. The molecule has 0 spiro atoms. The van der Waals surface area contributed by atoms with Gasteiger partial charge in [-0.05, 0) is 61.7 Å². The summed E-state index contributed by atoms with van der Waals surface area (Å²) in [6.45, 7) is 28.6. The average Bonchev–Trinajstić information content (AvgIpc) is 2.47. The van der Waals surface area contributed by atoms with Crippen molar-refractivity contribution in [3.8, 4) is 0 Å². The van der Waals surface area contributed by atoms with Crippen molar-refractivity contribution >= 4 is 11.9 Å². The normalized spacial score (nSPS) is 15.7. The van der Waals surface area contributed by atoms with Gasteiger partial charge in [-0.15, -0.1) is 0 Å². The smallest absolute Gasteiger partial charge is 0.301 e. The summed E-state index contributed by atoms with van der Waals surface area (Å²) in [6, 6.07) is 0. The maximum atomic E-state index is 11.6. The molecule has 6 heteroatoms. The zero-order valence-electron chi connectivity index (χ0n) is 23.3. The third kappa shape index (κ3) is 18.4. The van der Waals surface area contributed by atoms with Crippen LogP contribution in [0.2, 0.25) is 0 Å². The number of rotatable bonds is 7. The highest BCUT2D eigenvalue weighted by atomic mass is 17.2. The molecule has 0 bridgehead atoms. The first-order valence-corrected chi connectivity index (χ1v) is 11.7. The third-order valence-corrected chi connectivity index (χ3v) is 4.64. The van der Waals surface area contributed by atoms with Gasteiger partial charge in [0.05, 0.1) is 12.3 Å². The fourth-order valence-corrected chi connectivity index (χ4v) is 4.19. The second kappa shape index (κ2) is 12.9. The minimum absolute atomic E-state index is 0.165.